The van der Waals surface area contributed by atoms with Crippen LogP contribution in [0.2, 0.25) is 0 Å². The summed E-state index contributed by atoms with van der Waals surface area (Å²) in [6, 6.07) is 2.62. The van der Waals surface area contributed by atoms with Gasteiger partial charge in [0.05, 0.1) is 10.0 Å². The van der Waals surface area contributed by atoms with E-state index >= 15 is 0 Å². The van der Waals surface area contributed by atoms with Gasteiger partial charge in [-0.25, -0.2) is 0 Å². The molecule has 2 nitrogen and oxygen atoms in total. The molecule has 1 atom stereocenters. The third kappa shape index (κ3) is 2.80. The highest BCUT2D eigenvalue weighted by Crippen LogP contribution is 2.42. The number of hydrogen-bond acceptors (Lipinski definition) is 2. The van der Waals surface area contributed by atoms with Gasteiger partial charge < -0.3 is 10.4 Å². The molecule has 1 heterocycles. The number of phenolic OH excluding ortho intramolecular Hbond substituents is 1. The zero-order chi connectivity index (χ0) is 13.3. The normalized spacial score (nSPS) is 21.0. The Balaban J connectivity index is 2.40. The molecule has 1 aliphatic rings. The number of nitrogens with one attached hydrogen (secondary N) is 1. The van der Waals surface area contributed by atoms with Crippen molar-refractivity contribution in [2.45, 2.75) is 24.9 Å². The first-order valence-electron chi connectivity index (χ1n) is 5.70. The van der Waals surface area contributed by atoms with E-state index in [0.29, 0.717) is 12.1 Å². The third-order valence-electron chi connectivity index (χ3n) is 3.16. The second-order valence-electron chi connectivity index (χ2n) is 4.44. The van der Waals surface area contributed by atoms with Crippen molar-refractivity contribution in [3.8, 4) is 5.75 Å². The quantitative estimate of drug-likeness (QED) is 0.827. The summed E-state index contributed by atoms with van der Waals surface area (Å²) in [6.45, 7) is 1.58. The van der Waals surface area contributed by atoms with Gasteiger partial charge in [0, 0.05) is 6.54 Å². The van der Waals surface area contributed by atoms with E-state index in [-0.39, 0.29) is 10.4 Å². The van der Waals surface area contributed by atoms with E-state index in [2.05, 4.69) is 21.2 Å². The van der Waals surface area contributed by atoms with Crippen molar-refractivity contribution >= 4 is 15.9 Å². The number of halogens is 4. The molecule has 6 heteroatoms. The van der Waals surface area contributed by atoms with Crippen molar-refractivity contribution in [2.75, 3.05) is 13.1 Å². The maximum absolute atomic E-state index is 12.8. The number of alkyl halides is 3. The lowest BCUT2D eigenvalue weighted by Gasteiger charge is -2.24. The lowest BCUT2D eigenvalue weighted by atomic mass is 9.90. The van der Waals surface area contributed by atoms with Crippen LogP contribution in [0, 0.1) is 0 Å². The Morgan fingerprint density at radius 3 is 2.61 bits per heavy atom. The molecule has 0 aliphatic carbocycles. The predicted molar refractivity (Wildman–Crippen MR) is 65.7 cm³/mol. The third-order valence-corrected chi connectivity index (χ3v) is 3.76. The van der Waals surface area contributed by atoms with Gasteiger partial charge in [-0.15, -0.1) is 0 Å². The molecule has 1 unspecified atom stereocenters. The van der Waals surface area contributed by atoms with Crippen LogP contribution in [0.5, 0.6) is 5.75 Å². The lowest BCUT2D eigenvalue weighted by molar-refractivity contribution is -0.138. The van der Waals surface area contributed by atoms with E-state index in [1.165, 1.54) is 0 Å². The van der Waals surface area contributed by atoms with Crippen molar-refractivity contribution in [2.24, 2.45) is 0 Å². The van der Waals surface area contributed by atoms with E-state index < -0.39 is 17.5 Å². The van der Waals surface area contributed by atoms with Gasteiger partial charge in [-0.1, -0.05) is 0 Å². The van der Waals surface area contributed by atoms with Crippen LogP contribution >= 0.6 is 15.9 Å². The molecule has 0 spiro atoms. The fourth-order valence-corrected chi connectivity index (χ4v) is 2.69. The molecule has 1 fully saturated rings. The van der Waals surface area contributed by atoms with Gasteiger partial charge in [0.2, 0.25) is 0 Å². The van der Waals surface area contributed by atoms with Crippen LogP contribution in [0.1, 0.15) is 29.9 Å². The van der Waals surface area contributed by atoms with Crippen LogP contribution in [0.15, 0.2) is 16.6 Å². The van der Waals surface area contributed by atoms with Crippen molar-refractivity contribution < 1.29 is 18.3 Å². The summed E-state index contributed by atoms with van der Waals surface area (Å²) in [5, 5.41) is 12.6. The molecule has 1 saturated heterocycles. The molecule has 18 heavy (non-hydrogen) atoms. The maximum Gasteiger partial charge on any atom is 0.420 e. The molecule has 0 radical (unpaired) electrons. The first-order valence-corrected chi connectivity index (χ1v) is 6.49. The summed E-state index contributed by atoms with van der Waals surface area (Å²) in [7, 11) is 0. The Hall–Kier alpha value is -0.750. The van der Waals surface area contributed by atoms with Crippen molar-refractivity contribution in [1.29, 1.82) is 0 Å². The van der Waals surface area contributed by atoms with Crippen LogP contribution in [-0.4, -0.2) is 18.2 Å². The highest BCUT2D eigenvalue weighted by atomic mass is 79.9. The van der Waals surface area contributed by atoms with Gasteiger partial charge >= 0.3 is 6.18 Å². The second kappa shape index (κ2) is 5.09. The summed E-state index contributed by atoms with van der Waals surface area (Å²) >= 11 is 2.99. The Morgan fingerprint density at radius 1 is 1.33 bits per heavy atom. The first-order chi connectivity index (χ1) is 8.39. The average molecular weight is 324 g/mol. The molecule has 1 aliphatic heterocycles. The van der Waals surface area contributed by atoms with Crippen LogP contribution in [-0.2, 0) is 6.18 Å². The van der Waals surface area contributed by atoms with E-state index in [0.717, 1.165) is 25.5 Å². The SMILES string of the molecule is Oc1c(Br)cc(C2CCCNC2)cc1C(F)(F)F. The zero-order valence-corrected chi connectivity index (χ0v) is 11.1. The maximum atomic E-state index is 12.8. The molecule has 1 aromatic carbocycles. The summed E-state index contributed by atoms with van der Waals surface area (Å²) < 4.78 is 38.4. The predicted octanol–water partition coefficient (Wildman–Crippen LogP) is 3.64. The van der Waals surface area contributed by atoms with Crippen molar-refractivity contribution in [3.05, 3.63) is 27.7 Å². The Kier molecular flexibility index (Phi) is 3.87. The molecule has 1 aromatic rings. The van der Waals surface area contributed by atoms with E-state index in [1.807, 2.05) is 0 Å². The number of phenols is 1. The molecule has 2 N–H and O–H groups in total. The van der Waals surface area contributed by atoms with Gasteiger partial charge in [-0.3, -0.25) is 0 Å². The average Bonchev–Trinajstić information content (AvgIpc) is 2.32. The summed E-state index contributed by atoms with van der Waals surface area (Å²) in [6.07, 6.45) is -2.73. The highest BCUT2D eigenvalue weighted by Gasteiger charge is 2.35. The van der Waals surface area contributed by atoms with Crippen molar-refractivity contribution in [3.63, 3.8) is 0 Å². The summed E-state index contributed by atoms with van der Waals surface area (Å²) in [5.74, 6) is -0.674. The van der Waals surface area contributed by atoms with Crippen molar-refractivity contribution in [1.82, 2.24) is 5.32 Å². The number of aromatic hydroxyl groups is 1. The number of benzene rings is 1. The van der Waals surface area contributed by atoms with Gasteiger partial charge in [0.1, 0.15) is 5.75 Å². The molecule has 2 rings (SSSR count). The number of rotatable bonds is 1. The minimum Gasteiger partial charge on any atom is -0.506 e. The molecule has 0 aromatic heterocycles. The minimum absolute atomic E-state index is 0.0664. The number of hydrogen-bond donors (Lipinski definition) is 2. The minimum atomic E-state index is -4.54. The fourth-order valence-electron chi connectivity index (χ4n) is 2.21. The molecular weight excluding hydrogens is 311 g/mol. The highest BCUT2D eigenvalue weighted by molar-refractivity contribution is 9.10. The topological polar surface area (TPSA) is 32.3 Å². The monoisotopic (exact) mass is 323 g/mol. The summed E-state index contributed by atoms with van der Waals surface area (Å²) in [4.78, 5) is 0. The van der Waals surface area contributed by atoms with Gasteiger partial charge in [-0.2, -0.15) is 13.2 Å². The van der Waals surface area contributed by atoms with E-state index in [9.17, 15) is 18.3 Å². The van der Waals surface area contributed by atoms with Gasteiger partial charge in [0.25, 0.3) is 0 Å². The lowest BCUT2D eigenvalue weighted by Crippen LogP contribution is -2.28. The molecule has 100 valence electrons. The standard InChI is InChI=1S/C12H13BrF3NO/c13-10-5-8(7-2-1-3-17-6-7)4-9(11(10)18)12(14,15)16/h4-5,7,17-18H,1-3,6H2. The van der Waals surface area contributed by atoms with Crippen LogP contribution < -0.4 is 5.32 Å². The molecular formula is C12H13BrF3NO. The Bertz CT molecular complexity index is 442. The molecule has 0 bridgehead atoms. The van der Waals surface area contributed by atoms with E-state index in [4.69, 9.17) is 0 Å². The largest absolute Gasteiger partial charge is 0.506 e. The molecule has 0 saturated carbocycles. The van der Waals surface area contributed by atoms with E-state index in [1.54, 1.807) is 6.07 Å². The van der Waals surface area contributed by atoms with Gasteiger partial charge in [-0.05, 0) is 58.9 Å². The summed E-state index contributed by atoms with van der Waals surface area (Å²) in [5.41, 5.74) is -0.364. The van der Waals surface area contributed by atoms with Gasteiger partial charge in [0.15, 0.2) is 0 Å². The van der Waals surface area contributed by atoms with Crippen LogP contribution in [0.25, 0.3) is 0 Å². The fraction of sp³-hybridized carbons (Fsp3) is 0.500. The van der Waals surface area contributed by atoms with Crippen LogP contribution in [0.3, 0.4) is 0 Å². The molecule has 0 amide bonds. The van der Waals surface area contributed by atoms with Crippen LogP contribution in [0.4, 0.5) is 13.2 Å². The Morgan fingerprint density at radius 2 is 2.06 bits per heavy atom. The smallest absolute Gasteiger partial charge is 0.420 e. The zero-order valence-electron chi connectivity index (χ0n) is 9.52. The number of piperidine rings is 1. The second-order valence-corrected chi connectivity index (χ2v) is 5.29. The first kappa shape index (κ1) is 13.7. The Labute approximate surface area is 111 Å².